The molecule has 0 aliphatic heterocycles. The standard InChI is InChI=1S/C24H30F4/c1-3-4-5-17-6-8-18(9-7-17)19-10-11-20(22(26)14-19)16(2)24(28)13-12-21(25)23(27)15-24/h10-12,14-18H,3-9,13H2,1-2H3. The summed E-state index contributed by atoms with van der Waals surface area (Å²) in [6.07, 6.45) is 9.52. The molecule has 0 nitrogen and oxygen atoms in total. The highest BCUT2D eigenvalue weighted by molar-refractivity contribution is 5.36. The van der Waals surface area contributed by atoms with E-state index < -0.39 is 29.1 Å². The van der Waals surface area contributed by atoms with Crippen molar-refractivity contribution in [2.24, 2.45) is 5.92 Å². The maximum atomic E-state index is 15.2. The fourth-order valence-electron chi connectivity index (χ4n) is 4.67. The monoisotopic (exact) mass is 394 g/mol. The average molecular weight is 394 g/mol. The lowest BCUT2D eigenvalue weighted by molar-refractivity contribution is 0.184. The second-order valence-corrected chi connectivity index (χ2v) is 8.54. The van der Waals surface area contributed by atoms with Crippen molar-refractivity contribution >= 4 is 0 Å². The van der Waals surface area contributed by atoms with Gasteiger partial charge in [-0.05, 0) is 66.9 Å². The number of rotatable bonds is 6. The molecule has 4 heteroatoms. The molecule has 2 aliphatic carbocycles. The molecule has 0 heterocycles. The van der Waals surface area contributed by atoms with Crippen LogP contribution in [0.25, 0.3) is 0 Å². The molecule has 1 aromatic rings. The molecular weight excluding hydrogens is 364 g/mol. The van der Waals surface area contributed by atoms with Gasteiger partial charge in [0.25, 0.3) is 0 Å². The Balaban J connectivity index is 1.70. The summed E-state index contributed by atoms with van der Waals surface area (Å²) in [5.74, 6) is -2.49. The third-order valence-electron chi connectivity index (χ3n) is 6.68. The molecule has 0 amide bonds. The Hall–Kier alpha value is -1.58. The van der Waals surface area contributed by atoms with Crippen molar-refractivity contribution in [3.05, 3.63) is 58.9 Å². The number of hydrogen-bond donors (Lipinski definition) is 0. The summed E-state index contributed by atoms with van der Waals surface area (Å²) in [5.41, 5.74) is -0.950. The molecule has 0 aromatic heterocycles. The van der Waals surface area contributed by atoms with Crippen LogP contribution in [-0.2, 0) is 0 Å². The summed E-state index contributed by atoms with van der Waals surface area (Å²) in [6.45, 7) is 3.74. The average Bonchev–Trinajstić information content (AvgIpc) is 2.69. The molecule has 1 saturated carbocycles. The zero-order valence-corrected chi connectivity index (χ0v) is 16.8. The lowest BCUT2D eigenvalue weighted by Gasteiger charge is -2.31. The van der Waals surface area contributed by atoms with Crippen LogP contribution in [0.2, 0.25) is 0 Å². The van der Waals surface area contributed by atoms with Crippen LogP contribution in [0.5, 0.6) is 0 Å². The Bertz CT molecular complexity index is 743. The number of allylic oxidation sites excluding steroid dienone is 4. The van der Waals surface area contributed by atoms with Gasteiger partial charge in [-0.3, -0.25) is 0 Å². The van der Waals surface area contributed by atoms with Crippen molar-refractivity contribution in [3.8, 4) is 0 Å². The summed E-state index contributed by atoms with van der Waals surface area (Å²) in [4.78, 5) is 0. The molecule has 2 atom stereocenters. The third-order valence-corrected chi connectivity index (χ3v) is 6.68. The second-order valence-electron chi connectivity index (χ2n) is 8.54. The van der Waals surface area contributed by atoms with Crippen LogP contribution in [0.15, 0.2) is 42.0 Å². The van der Waals surface area contributed by atoms with Gasteiger partial charge in [-0.1, -0.05) is 45.2 Å². The quantitative estimate of drug-likeness (QED) is 0.426. The topological polar surface area (TPSA) is 0 Å². The van der Waals surface area contributed by atoms with Crippen LogP contribution >= 0.6 is 0 Å². The maximum Gasteiger partial charge on any atom is 0.157 e. The van der Waals surface area contributed by atoms with Gasteiger partial charge in [-0.2, -0.15) is 0 Å². The first kappa shape index (κ1) is 21.1. The van der Waals surface area contributed by atoms with Crippen molar-refractivity contribution in [1.29, 1.82) is 0 Å². The fourth-order valence-corrected chi connectivity index (χ4v) is 4.67. The molecular formula is C24H30F4. The summed E-state index contributed by atoms with van der Waals surface area (Å²) in [5, 5.41) is 0. The van der Waals surface area contributed by atoms with Crippen LogP contribution in [0.3, 0.4) is 0 Å². The van der Waals surface area contributed by atoms with Crippen LogP contribution in [0, 0.1) is 11.7 Å². The highest BCUT2D eigenvalue weighted by Crippen LogP contribution is 2.43. The number of unbranched alkanes of at least 4 members (excludes halogenated alkanes) is 1. The number of alkyl halides is 1. The van der Waals surface area contributed by atoms with Gasteiger partial charge in [0.05, 0.1) is 0 Å². The van der Waals surface area contributed by atoms with Gasteiger partial charge in [0.1, 0.15) is 11.5 Å². The Labute approximate surface area is 165 Å². The van der Waals surface area contributed by atoms with Crippen LogP contribution in [-0.4, -0.2) is 5.67 Å². The van der Waals surface area contributed by atoms with Gasteiger partial charge in [-0.25, -0.2) is 17.6 Å². The normalized spacial score (nSPS) is 29.2. The fraction of sp³-hybridized carbons (Fsp3) is 0.583. The van der Waals surface area contributed by atoms with E-state index >= 15 is 4.39 Å². The lowest BCUT2D eigenvalue weighted by Crippen LogP contribution is -2.29. The second kappa shape index (κ2) is 8.84. The lowest BCUT2D eigenvalue weighted by atomic mass is 9.76. The molecule has 3 rings (SSSR count). The zero-order chi connectivity index (χ0) is 20.3. The Morgan fingerprint density at radius 3 is 2.39 bits per heavy atom. The van der Waals surface area contributed by atoms with Gasteiger partial charge in [0.2, 0.25) is 0 Å². The molecule has 0 spiro atoms. The van der Waals surface area contributed by atoms with Gasteiger partial charge in [0.15, 0.2) is 11.7 Å². The summed E-state index contributed by atoms with van der Waals surface area (Å²) in [6, 6.07) is 5.03. The predicted octanol–water partition coefficient (Wildman–Crippen LogP) is 8.21. The Morgan fingerprint density at radius 2 is 1.79 bits per heavy atom. The van der Waals surface area contributed by atoms with Crippen molar-refractivity contribution in [2.45, 2.75) is 82.7 Å². The largest absolute Gasteiger partial charge is 0.238 e. The van der Waals surface area contributed by atoms with E-state index in [2.05, 4.69) is 6.92 Å². The number of benzene rings is 1. The van der Waals surface area contributed by atoms with Crippen molar-refractivity contribution < 1.29 is 17.6 Å². The van der Waals surface area contributed by atoms with Crippen LogP contribution < -0.4 is 0 Å². The Kier molecular flexibility index (Phi) is 6.67. The van der Waals surface area contributed by atoms with E-state index in [1.807, 2.05) is 6.07 Å². The Morgan fingerprint density at radius 1 is 1.07 bits per heavy atom. The van der Waals surface area contributed by atoms with Gasteiger partial charge in [-0.15, -0.1) is 0 Å². The molecule has 2 unspecified atom stereocenters. The van der Waals surface area contributed by atoms with E-state index in [9.17, 15) is 13.2 Å². The number of hydrogen-bond acceptors (Lipinski definition) is 0. The molecule has 154 valence electrons. The predicted molar refractivity (Wildman–Crippen MR) is 106 cm³/mol. The summed E-state index contributed by atoms with van der Waals surface area (Å²) < 4.78 is 56.7. The minimum Gasteiger partial charge on any atom is -0.238 e. The third kappa shape index (κ3) is 4.52. The molecule has 0 radical (unpaired) electrons. The van der Waals surface area contributed by atoms with E-state index in [1.165, 1.54) is 45.1 Å². The van der Waals surface area contributed by atoms with E-state index in [0.717, 1.165) is 30.4 Å². The first-order chi connectivity index (χ1) is 13.3. The minimum absolute atomic E-state index is 0.211. The first-order valence-electron chi connectivity index (χ1n) is 10.6. The van der Waals surface area contributed by atoms with Crippen molar-refractivity contribution in [3.63, 3.8) is 0 Å². The molecule has 28 heavy (non-hydrogen) atoms. The summed E-state index contributed by atoms with van der Waals surface area (Å²) >= 11 is 0. The highest BCUT2D eigenvalue weighted by Gasteiger charge is 2.39. The molecule has 0 N–H and O–H groups in total. The van der Waals surface area contributed by atoms with Gasteiger partial charge >= 0.3 is 0 Å². The summed E-state index contributed by atoms with van der Waals surface area (Å²) in [7, 11) is 0. The van der Waals surface area contributed by atoms with Crippen LogP contribution in [0.1, 0.15) is 88.2 Å². The molecule has 2 aliphatic rings. The maximum absolute atomic E-state index is 15.2. The van der Waals surface area contributed by atoms with Crippen LogP contribution in [0.4, 0.5) is 17.6 Å². The van der Waals surface area contributed by atoms with E-state index in [1.54, 1.807) is 6.07 Å². The van der Waals surface area contributed by atoms with Gasteiger partial charge < -0.3 is 0 Å². The van der Waals surface area contributed by atoms with E-state index in [0.29, 0.717) is 12.0 Å². The molecule has 1 aromatic carbocycles. The smallest absolute Gasteiger partial charge is 0.157 e. The molecule has 1 fully saturated rings. The van der Waals surface area contributed by atoms with Crippen molar-refractivity contribution in [1.82, 2.24) is 0 Å². The highest BCUT2D eigenvalue weighted by atomic mass is 19.2. The van der Waals surface area contributed by atoms with E-state index in [4.69, 9.17) is 0 Å². The first-order valence-corrected chi connectivity index (χ1v) is 10.6. The van der Waals surface area contributed by atoms with Gasteiger partial charge in [0, 0.05) is 12.3 Å². The zero-order valence-electron chi connectivity index (χ0n) is 16.8. The minimum atomic E-state index is -2.13. The molecule has 0 saturated heterocycles. The van der Waals surface area contributed by atoms with Crippen molar-refractivity contribution in [2.75, 3.05) is 0 Å². The number of halogens is 4. The van der Waals surface area contributed by atoms with E-state index in [-0.39, 0.29) is 12.0 Å². The SMILES string of the molecule is CCCCC1CCC(c2ccc(C(C)C3(F)C=C(F)C(F)=CC3)c(F)c2)CC1. The molecule has 0 bridgehead atoms.